The molecular weight excluding hydrogens is 550 g/mol. The van der Waals surface area contributed by atoms with Gasteiger partial charge in [0.25, 0.3) is 11.8 Å². The number of fused-ring (bicyclic) bond motifs is 1. The highest BCUT2D eigenvalue weighted by atomic mass is 32.2. The lowest BCUT2D eigenvalue weighted by atomic mass is 9.80. The number of pyridine rings is 1. The van der Waals surface area contributed by atoms with E-state index < -0.39 is 22.9 Å². The first kappa shape index (κ1) is 29.6. The van der Waals surface area contributed by atoms with Gasteiger partial charge in [-0.15, -0.1) is 0 Å². The average Bonchev–Trinajstić information content (AvgIpc) is 3.29. The molecule has 11 heteroatoms. The summed E-state index contributed by atoms with van der Waals surface area (Å²) in [6, 6.07) is 10.5. The van der Waals surface area contributed by atoms with Crippen molar-refractivity contribution in [2.75, 3.05) is 11.9 Å². The van der Waals surface area contributed by atoms with Crippen molar-refractivity contribution in [3.05, 3.63) is 52.6 Å². The number of aliphatic carboxylic acids is 1. The number of nitrogens with one attached hydrogen (secondary N) is 1. The van der Waals surface area contributed by atoms with Crippen LogP contribution in [0, 0.1) is 5.41 Å². The Morgan fingerprint density at radius 2 is 1.90 bits per heavy atom. The van der Waals surface area contributed by atoms with Gasteiger partial charge >= 0.3 is 5.97 Å². The Morgan fingerprint density at radius 1 is 1.15 bits per heavy atom. The zero-order valence-electron chi connectivity index (χ0n) is 22.5. The van der Waals surface area contributed by atoms with Crippen molar-refractivity contribution in [3.8, 4) is 11.3 Å². The predicted molar refractivity (Wildman–Crippen MR) is 157 cm³/mol. The number of nitrogens with zero attached hydrogens (tertiary/aromatic N) is 2. The lowest BCUT2D eigenvalue weighted by molar-refractivity contribution is -0.143. The molecule has 1 aromatic heterocycles. The third-order valence-corrected chi connectivity index (χ3v) is 8.21. The second-order valence-electron chi connectivity index (χ2n) is 10.9. The van der Waals surface area contributed by atoms with Gasteiger partial charge in [-0.05, 0) is 43.2 Å². The van der Waals surface area contributed by atoms with Crippen LogP contribution in [0.4, 0.5) is 5.69 Å². The number of carbonyl (C=O) groups is 4. The molecule has 2 aromatic rings. The Kier molecular flexibility index (Phi) is 8.57. The molecule has 0 spiro atoms. The summed E-state index contributed by atoms with van der Waals surface area (Å²) >= 11 is 6.59. The molecule has 1 atom stereocenters. The summed E-state index contributed by atoms with van der Waals surface area (Å²) in [6.45, 7) is 5.66. The number of hydrogen-bond acceptors (Lipinski definition) is 8. The minimum Gasteiger partial charge on any atom is -0.481 e. The molecule has 0 radical (unpaired) electrons. The second kappa shape index (κ2) is 11.6. The number of thiocarbonyl (C=S) groups is 1. The first-order valence-corrected chi connectivity index (χ1v) is 14.2. The largest absolute Gasteiger partial charge is 0.481 e. The first-order valence-electron chi connectivity index (χ1n) is 13.0. The van der Waals surface area contributed by atoms with Crippen molar-refractivity contribution in [2.45, 2.75) is 58.5 Å². The van der Waals surface area contributed by atoms with Gasteiger partial charge < -0.3 is 15.5 Å². The molecule has 0 bridgehead atoms. The molecular formula is C29H31N3O6S2. The van der Waals surface area contributed by atoms with E-state index >= 15 is 0 Å². The van der Waals surface area contributed by atoms with E-state index in [4.69, 9.17) is 17.3 Å². The van der Waals surface area contributed by atoms with Gasteiger partial charge in [-0.1, -0.05) is 63.3 Å². The lowest BCUT2D eigenvalue weighted by Crippen LogP contribution is -2.39. The summed E-state index contributed by atoms with van der Waals surface area (Å²) in [5.74, 6) is -1.92. The summed E-state index contributed by atoms with van der Waals surface area (Å²) in [4.78, 5) is 55.7. The number of benzene rings is 1. The van der Waals surface area contributed by atoms with E-state index in [-0.39, 0.29) is 24.5 Å². The third-order valence-electron chi connectivity index (χ3n) is 6.83. The van der Waals surface area contributed by atoms with Crippen molar-refractivity contribution in [3.63, 3.8) is 0 Å². The summed E-state index contributed by atoms with van der Waals surface area (Å²) in [5, 5.41) is 22.7. The van der Waals surface area contributed by atoms with Gasteiger partial charge in [-0.25, -0.2) is 4.98 Å². The van der Waals surface area contributed by atoms with Crippen molar-refractivity contribution >= 4 is 63.6 Å². The number of hydrogen-bond donors (Lipinski definition) is 3. The van der Waals surface area contributed by atoms with Gasteiger partial charge in [0.2, 0.25) is 0 Å². The number of Topliss-reactive ketones (excluding diaryl/α,β-unsaturated/α-hetero) is 1. The van der Waals surface area contributed by atoms with Crippen LogP contribution in [0.1, 0.15) is 64.1 Å². The number of amides is 2. The zero-order chi connectivity index (χ0) is 29.2. The van der Waals surface area contributed by atoms with Gasteiger partial charge in [0.15, 0.2) is 5.60 Å². The summed E-state index contributed by atoms with van der Waals surface area (Å²) in [6.07, 6.45) is 3.33. The van der Waals surface area contributed by atoms with E-state index in [0.717, 1.165) is 0 Å². The van der Waals surface area contributed by atoms with E-state index in [1.807, 2.05) is 0 Å². The molecule has 0 aliphatic carbocycles. The molecule has 210 valence electrons. The SMILES string of the molecule is CC(C)(C)C(=O)CC1(O)C(=O)Nc2ccc(-c3cccc(/C=C4\SC(=S)N(CCCCCC(=O)O)C4=O)n3)cc21. The van der Waals surface area contributed by atoms with E-state index in [2.05, 4.69) is 10.3 Å². The van der Waals surface area contributed by atoms with Gasteiger partial charge in [0, 0.05) is 41.6 Å². The highest BCUT2D eigenvalue weighted by Gasteiger charge is 2.48. The summed E-state index contributed by atoms with van der Waals surface area (Å²) in [5.41, 5.74) is -0.185. The molecule has 1 fully saturated rings. The highest BCUT2D eigenvalue weighted by molar-refractivity contribution is 8.26. The fourth-order valence-corrected chi connectivity index (χ4v) is 5.71. The van der Waals surface area contributed by atoms with Gasteiger partial charge in [-0.3, -0.25) is 24.1 Å². The highest BCUT2D eigenvalue weighted by Crippen LogP contribution is 2.42. The molecule has 2 aliphatic rings. The zero-order valence-corrected chi connectivity index (χ0v) is 24.2. The van der Waals surface area contributed by atoms with E-state index in [1.165, 1.54) is 16.7 Å². The normalized spacial score (nSPS) is 19.8. The van der Waals surface area contributed by atoms with Crippen LogP contribution in [0.2, 0.25) is 0 Å². The van der Waals surface area contributed by atoms with Gasteiger partial charge in [-0.2, -0.15) is 0 Å². The van der Waals surface area contributed by atoms with Crippen LogP contribution < -0.4 is 5.32 Å². The maximum absolute atomic E-state index is 13.0. The fourth-order valence-electron chi connectivity index (χ4n) is 4.42. The molecule has 9 nitrogen and oxygen atoms in total. The molecule has 1 unspecified atom stereocenters. The van der Waals surface area contributed by atoms with Crippen LogP contribution in [0.15, 0.2) is 41.3 Å². The number of thioether (sulfide) groups is 1. The van der Waals surface area contributed by atoms with Crippen LogP contribution in [0.5, 0.6) is 0 Å². The minimum absolute atomic E-state index is 0.103. The fraction of sp³-hybridized carbons (Fsp3) is 0.379. The molecule has 3 N–H and O–H groups in total. The van der Waals surface area contributed by atoms with Gasteiger partial charge in [0.1, 0.15) is 10.1 Å². The Bertz CT molecular complexity index is 1430. The number of aromatic nitrogens is 1. The number of carbonyl (C=O) groups excluding carboxylic acids is 3. The molecule has 0 saturated carbocycles. The van der Waals surface area contributed by atoms with Crippen LogP contribution in [-0.4, -0.2) is 54.5 Å². The third kappa shape index (κ3) is 6.32. The first-order chi connectivity index (χ1) is 18.8. The number of aliphatic hydroxyl groups is 1. The quantitative estimate of drug-likeness (QED) is 0.206. The molecule has 1 saturated heterocycles. The van der Waals surface area contributed by atoms with Gasteiger partial charge in [0.05, 0.1) is 16.3 Å². The number of carboxylic acids is 1. The minimum atomic E-state index is -1.98. The molecule has 40 heavy (non-hydrogen) atoms. The Morgan fingerprint density at radius 3 is 2.60 bits per heavy atom. The average molecular weight is 582 g/mol. The molecule has 1 aromatic carbocycles. The summed E-state index contributed by atoms with van der Waals surface area (Å²) < 4.78 is 0.450. The smallest absolute Gasteiger partial charge is 0.303 e. The van der Waals surface area contributed by atoms with Crippen LogP contribution >= 0.6 is 24.0 Å². The van der Waals surface area contributed by atoms with Crippen LogP contribution in [0.3, 0.4) is 0 Å². The van der Waals surface area contributed by atoms with Crippen molar-refractivity contribution < 1.29 is 29.4 Å². The topological polar surface area (TPSA) is 137 Å². The van der Waals surface area contributed by atoms with Crippen molar-refractivity contribution in [1.82, 2.24) is 9.88 Å². The Balaban J connectivity index is 1.53. The second-order valence-corrected chi connectivity index (χ2v) is 12.6. The Hall–Kier alpha value is -3.41. The molecule has 2 amide bonds. The Labute approximate surface area is 242 Å². The van der Waals surface area contributed by atoms with E-state index in [9.17, 15) is 24.3 Å². The predicted octanol–water partition coefficient (Wildman–Crippen LogP) is 4.74. The molecule has 4 rings (SSSR count). The maximum atomic E-state index is 13.0. The van der Waals surface area contributed by atoms with Crippen LogP contribution in [-0.2, 0) is 24.8 Å². The number of unbranched alkanes of at least 4 members (excludes halogenated alkanes) is 2. The van der Waals surface area contributed by atoms with Crippen molar-refractivity contribution in [1.29, 1.82) is 0 Å². The standard InChI is InChI=1S/C29H31N3O6S2/c1-28(2,3)23(33)16-29(38)19-14-17(11-12-21(19)31-26(29)37)20-9-7-8-18(30-20)15-22-25(36)32(27(39)40-22)13-6-4-5-10-24(34)35/h7-9,11-12,14-15,38H,4-6,10,13,16H2,1-3H3,(H,31,37)(H,34,35)/b22-15-. The number of rotatable bonds is 10. The molecule has 3 heterocycles. The number of ketones is 1. The van der Waals surface area contributed by atoms with E-state index in [1.54, 1.807) is 63.2 Å². The van der Waals surface area contributed by atoms with Crippen LogP contribution in [0.25, 0.3) is 17.3 Å². The van der Waals surface area contributed by atoms with E-state index in [0.29, 0.717) is 63.2 Å². The summed E-state index contributed by atoms with van der Waals surface area (Å²) in [7, 11) is 0. The number of anilines is 1. The van der Waals surface area contributed by atoms with Crippen molar-refractivity contribution in [2.24, 2.45) is 5.41 Å². The lowest BCUT2D eigenvalue weighted by Gasteiger charge is -2.25. The maximum Gasteiger partial charge on any atom is 0.303 e. The monoisotopic (exact) mass is 581 g/mol. The molecule has 2 aliphatic heterocycles. The number of carboxylic acid groups (broad SMARTS) is 1.